The van der Waals surface area contributed by atoms with Gasteiger partial charge in [0.2, 0.25) is 0 Å². The number of ketones is 1. The smallest absolute Gasteiger partial charge is 0.316 e. The van der Waals surface area contributed by atoms with Gasteiger partial charge in [-0.3, -0.25) is 9.59 Å². The van der Waals surface area contributed by atoms with Crippen molar-refractivity contribution >= 4 is 11.8 Å². The first-order valence-corrected chi connectivity index (χ1v) is 7.75. The lowest BCUT2D eigenvalue weighted by Crippen LogP contribution is -2.33. The van der Waals surface area contributed by atoms with Crippen LogP contribution in [0.15, 0.2) is 0 Å². The van der Waals surface area contributed by atoms with E-state index in [9.17, 15) is 9.59 Å². The van der Waals surface area contributed by atoms with Crippen LogP contribution < -0.4 is 0 Å². The van der Waals surface area contributed by atoms with Gasteiger partial charge in [0.25, 0.3) is 0 Å². The average molecular weight is 268 g/mol. The third kappa shape index (κ3) is 4.63. The van der Waals surface area contributed by atoms with Crippen LogP contribution in [0, 0.1) is 17.8 Å². The molecule has 110 valence electrons. The molecule has 0 bridgehead atoms. The summed E-state index contributed by atoms with van der Waals surface area (Å²) in [7, 11) is 1.38. The van der Waals surface area contributed by atoms with Gasteiger partial charge in [-0.15, -0.1) is 0 Å². The second-order valence-electron chi connectivity index (χ2n) is 5.75. The van der Waals surface area contributed by atoms with Crippen LogP contribution in [0.1, 0.15) is 65.2 Å². The molecule has 3 heteroatoms. The molecule has 0 radical (unpaired) electrons. The molecule has 0 aromatic rings. The molecule has 1 atom stereocenters. The van der Waals surface area contributed by atoms with Crippen molar-refractivity contribution in [2.24, 2.45) is 17.8 Å². The first-order chi connectivity index (χ1) is 9.13. The van der Waals surface area contributed by atoms with Gasteiger partial charge in [0.1, 0.15) is 11.7 Å². The Bertz CT molecular complexity index is 290. The summed E-state index contributed by atoms with van der Waals surface area (Å²) in [4.78, 5) is 24.3. The predicted molar refractivity (Wildman–Crippen MR) is 75.8 cm³/mol. The predicted octanol–water partition coefficient (Wildman–Crippen LogP) is 3.75. The molecule has 0 N–H and O–H groups in total. The van der Waals surface area contributed by atoms with E-state index in [-0.39, 0.29) is 17.7 Å². The Kier molecular flexibility index (Phi) is 7.11. The highest BCUT2D eigenvalue weighted by molar-refractivity contribution is 6.00. The molecule has 3 nitrogen and oxygen atoms in total. The third-order valence-electron chi connectivity index (χ3n) is 4.50. The van der Waals surface area contributed by atoms with E-state index >= 15 is 0 Å². The molecule has 1 rings (SSSR count). The Labute approximate surface area is 117 Å². The zero-order valence-electron chi connectivity index (χ0n) is 12.6. The molecule has 1 unspecified atom stereocenters. The third-order valence-corrected chi connectivity index (χ3v) is 4.50. The van der Waals surface area contributed by atoms with Gasteiger partial charge in [-0.05, 0) is 38.0 Å². The van der Waals surface area contributed by atoms with Gasteiger partial charge in [-0.1, -0.05) is 33.1 Å². The number of carbonyl (C=O) groups is 2. The molecule has 0 spiro atoms. The fraction of sp³-hybridized carbons (Fsp3) is 0.875. The van der Waals surface area contributed by atoms with Crippen molar-refractivity contribution in [3.05, 3.63) is 0 Å². The number of hydrogen-bond acceptors (Lipinski definition) is 3. The topological polar surface area (TPSA) is 43.4 Å². The van der Waals surface area contributed by atoms with Crippen LogP contribution in [0.2, 0.25) is 0 Å². The molecule has 1 aliphatic rings. The number of hydrogen-bond donors (Lipinski definition) is 0. The molecule has 0 saturated heterocycles. The average Bonchev–Trinajstić information content (AvgIpc) is 2.47. The molecule has 19 heavy (non-hydrogen) atoms. The van der Waals surface area contributed by atoms with Gasteiger partial charge in [-0.2, -0.15) is 0 Å². The SMILES string of the molecule is CCCCC(C(=O)OC)C(=O)C1CCC(CC)CC1. The molecular formula is C16H28O3. The number of unbranched alkanes of at least 4 members (excludes halogenated alkanes) is 1. The number of rotatable bonds is 7. The number of esters is 1. The quantitative estimate of drug-likeness (QED) is 0.521. The van der Waals surface area contributed by atoms with Crippen LogP contribution >= 0.6 is 0 Å². The summed E-state index contributed by atoms with van der Waals surface area (Å²) in [5.41, 5.74) is 0. The molecule has 0 heterocycles. The van der Waals surface area contributed by atoms with Crippen LogP contribution in [-0.2, 0) is 14.3 Å². The molecular weight excluding hydrogens is 240 g/mol. The van der Waals surface area contributed by atoms with Crippen LogP contribution in [0.3, 0.4) is 0 Å². The number of Topliss-reactive ketones (excluding diaryl/α,β-unsaturated/α-hetero) is 1. The van der Waals surface area contributed by atoms with Crippen molar-refractivity contribution < 1.29 is 14.3 Å². The molecule has 0 amide bonds. The Morgan fingerprint density at radius 3 is 2.26 bits per heavy atom. The lowest BCUT2D eigenvalue weighted by atomic mass is 9.75. The van der Waals surface area contributed by atoms with Gasteiger partial charge in [-0.25, -0.2) is 0 Å². The zero-order chi connectivity index (χ0) is 14.3. The van der Waals surface area contributed by atoms with Gasteiger partial charge in [0, 0.05) is 5.92 Å². The summed E-state index contributed by atoms with van der Waals surface area (Å²) >= 11 is 0. The number of ether oxygens (including phenoxy) is 1. The summed E-state index contributed by atoms with van der Waals surface area (Å²) in [6.07, 6.45) is 7.95. The van der Waals surface area contributed by atoms with Crippen LogP contribution in [0.25, 0.3) is 0 Å². The van der Waals surface area contributed by atoms with Gasteiger partial charge < -0.3 is 4.74 Å². The Morgan fingerprint density at radius 1 is 1.16 bits per heavy atom. The lowest BCUT2D eigenvalue weighted by molar-refractivity contribution is -0.151. The summed E-state index contributed by atoms with van der Waals surface area (Å²) in [5, 5.41) is 0. The molecule has 0 aromatic carbocycles. The van der Waals surface area contributed by atoms with Gasteiger partial charge >= 0.3 is 5.97 Å². The minimum absolute atomic E-state index is 0.0868. The monoisotopic (exact) mass is 268 g/mol. The Balaban J connectivity index is 2.58. The maximum absolute atomic E-state index is 12.5. The molecule has 0 aromatic heterocycles. The summed E-state index contributed by atoms with van der Waals surface area (Å²) in [6, 6.07) is 0. The Hall–Kier alpha value is -0.860. The van der Waals surface area contributed by atoms with Crippen LogP contribution in [0.4, 0.5) is 0 Å². The fourth-order valence-corrected chi connectivity index (χ4v) is 3.07. The van der Waals surface area contributed by atoms with Gasteiger partial charge in [0.05, 0.1) is 7.11 Å². The van der Waals surface area contributed by atoms with Crippen molar-refractivity contribution in [1.29, 1.82) is 0 Å². The fourth-order valence-electron chi connectivity index (χ4n) is 3.07. The van der Waals surface area contributed by atoms with E-state index < -0.39 is 5.92 Å². The standard InChI is InChI=1S/C16H28O3/c1-4-6-7-14(16(18)19-3)15(17)13-10-8-12(5-2)9-11-13/h12-14H,4-11H2,1-3H3. The molecule has 1 fully saturated rings. The lowest BCUT2D eigenvalue weighted by Gasteiger charge is -2.28. The van der Waals surface area contributed by atoms with Crippen molar-refractivity contribution in [1.82, 2.24) is 0 Å². The maximum Gasteiger partial charge on any atom is 0.316 e. The highest BCUT2D eigenvalue weighted by Gasteiger charge is 2.34. The van der Waals surface area contributed by atoms with Crippen molar-refractivity contribution in [3.63, 3.8) is 0 Å². The minimum atomic E-state index is -0.520. The second-order valence-corrected chi connectivity index (χ2v) is 5.75. The molecule has 0 aliphatic heterocycles. The van der Waals surface area contributed by atoms with Crippen molar-refractivity contribution in [2.75, 3.05) is 7.11 Å². The van der Waals surface area contributed by atoms with E-state index in [4.69, 9.17) is 4.74 Å². The zero-order valence-corrected chi connectivity index (χ0v) is 12.6. The first-order valence-electron chi connectivity index (χ1n) is 7.75. The summed E-state index contributed by atoms with van der Waals surface area (Å²) in [5.74, 6) is 0.138. The summed E-state index contributed by atoms with van der Waals surface area (Å²) in [6.45, 7) is 4.29. The van der Waals surface area contributed by atoms with Gasteiger partial charge in [0.15, 0.2) is 0 Å². The second kappa shape index (κ2) is 8.34. The summed E-state index contributed by atoms with van der Waals surface area (Å²) < 4.78 is 4.80. The Morgan fingerprint density at radius 2 is 1.79 bits per heavy atom. The normalized spacial score (nSPS) is 24.8. The van der Waals surface area contributed by atoms with E-state index in [0.29, 0.717) is 6.42 Å². The molecule has 1 aliphatic carbocycles. The van der Waals surface area contributed by atoms with Crippen LogP contribution in [0.5, 0.6) is 0 Å². The highest BCUT2D eigenvalue weighted by atomic mass is 16.5. The van der Waals surface area contributed by atoms with E-state index in [2.05, 4.69) is 13.8 Å². The maximum atomic E-state index is 12.5. The van der Waals surface area contributed by atoms with E-state index in [0.717, 1.165) is 44.4 Å². The largest absolute Gasteiger partial charge is 0.468 e. The number of carbonyl (C=O) groups excluding carboxylic acids is 2. The highest BCUT2D eigenvalue weighted by Crippen LogP contribution is 2.33. The van der Waals surface area contributed by atoms with E-state index in [1.54, 1.807) is 0 Å². The van der Waals surface area contributed by atoms with E-state index in [1.807, 2.05) is 0 Å². The van der Waals surface area contributed by atoms with Crippen molar-refractivity contribution in [3.8, 4) is 0 Å². The first kappa shape index (κ1) is 16.2. The minimum Gasteiger partial charge on any atom is -0.468 e. The van der Waals surface area contributed by atoms with E-state index in [1.165, 1.54) is 13.5 Å². The molecule has 1 saturated carbocycles. The van der Waals surface area contributed by atoms with Crippen molar-refractivity contribution in [2.45, 2.75) is 65.2 Å². The van der Waals surface area contributed by atoms with Crippen LogP contribution in [-0.4, -0.2) is 18.9 Å². The number of methoxy groups -OCH3 is 1.